The molecule has 1 N–H and O–H groups in total. The molecule has 1 heterocycles. The minimum absolute atomic E-state index is 0.196. The van der Waals surface area contributed by atoms with E-state index in [4.69, 9.17) is 4.74 Å². The van der Waals surface area contributed by atoms with Crippen LogP contribution in [0.2, 0.25) is 0 Å². The first-order chi connectivity index (χ1) is 5.57. The zero-order valence-corrected chi connectivity index (χ0v) is 8.45. The van der Waals surface area contributed by atoms with Crippen LogP contribution in [0.4, 0.5) is 0 Å². The van der Waals surface area contributed by atoms with Gasteiger partial charge < -0.3 is 9.84 Å². The maximum atomic E-state index is 9.84. The second kappa shape index (κ2) is 3.75. The topological polar surface area (TPSA) is 29.5 Å². The summed E-state index contributed by atoms with van der Waals surface area (Å²) in [4.78, 5) is 0. The average Bonchev–Trinajstić information content (AvgIpc) is 2.08. The molecule has 3 unspecified atom stereocenters. The number of ether oxygens (including phenoxy) is 1. The summed E-state index contributed by atoms with van der Waals surface area (Å²) in [6.07, 6.45) is 1.24. The molecule has 1 aliphatic heterocycles. The van der Waals surface area contributed by atoms with Crippen molar-refractivity contribution in [2.75, 3.05) is 0 Å². The molecular formula is C10H20O2. The summed E-state index contributed by atoms with van der Waals surface area (Å²) in [5.41, 5.74) is 0. The van der Waals surface area contributed by atoms with Gasteiger partial charge >= 0.3 is 0 Å². The van der Waals surface area contributed by atoms with Crippen molar-refractivity contribution in [3.8, 4) is 0 Å². The van der Waals surface area contributed by atoms with Crippen molar-refractivity contribution in [3.63, 3.8) is 0 Å². The van der Waals surface area contributed by atoms with Gasteiger partial charge in [-0.15, -0.1) is 0 Å². The van der Waals surface area contributed by atoms with E-state index in [1.807, 2.05) is 6.92 Å². The van der Waals surface area contributed by atoms with Gasteiger partial charge in [0, 0.05) is 11.8 Å². The van der Waals surface area contributed by atoms with Crippen LogP contribution in [0.25, 0.3) is 0 Å². The van der Waals surface area contributed by atoms with E-state index in [0.29, 0.717) is 0 Å². The van der Waals surface area contributed by atoms with Crippen LogP contribution in [0, 0.1) is 11.8 Å². The molecular weight excluding hydrogens is 152 g/mol. The normalized spacial score (nSPS) is 49.2. The van der Waals surface area contributed by atoms with Gasteiger partial charge in [-0.05, 0) is 13.3 Å². The molecule has 0 aliphatic carbocycles. The molecule has 0 radical (unpaired) electrons. The highest BCUT2D eigenvalue weighted by Crippen LogP contribution is 2.30. The van der Waals surface area contributed by atoms with Gasteiger partial charge in [-0.2, -0.15) is 0 Å². The van der Waals surface area contributed by atoms with Crippen molar-refractivity contribution in [1.82, 2.24) is 0 Å². The number of aliphatic hydroxyl groups is 1. The lowest BCUT2D eigenvalue weighted by atomic mass is 9.82. The summed E-state index contributed by atoms with van der Waals surface area (Å²) in [6.45, 7) is 8.28. The van der Waals surface area contributed by atoms with Crippen LogP contribution < -0.4 is 0 Å². The Labute approximate surface area is 74.9 Å². The fourth-order valence-electron chi connectivity index (χ4n) is 1.97. The van der Waals surface area contributed by atoms with E-state index in [-0.39, 0.29) is 30.1 Å². The number of hydrogen-bond acceptors (Lipinski definition) is 2. The highest BCUT2D eigenvalue weighted by atomic mass is 16.5. The van der Waals surface area contributed by atoms with E-state index in [2.05, 4.69) is 20.8 Å². The summed E-state index contributed by atoms with van der Waals surface area (Å²) < 4.78 is 5.77. The molecule has 0 bridgehead atoms. The Bertz CT molecular complexity index is 142. The molecule has 1 fully saturated rings. The first-order valence-corrected chi connectivity index (χ1v) is 4.91. The van der Waals surface area contributed by atoms with E-state index in [0.717, 1.165) is 6.42 Å². The Morgan fingerprint density at radius 2 is 1.75 bits per heavy atom. The molecule has 12 heavy (non-hydrogen) atoms. The van der Waals surface area contributed by atoms with Crippen LogP contribution in [0.1, 0.15) is 34.1 Å². The second-order valence-corrected chi connectivity index (χ2v) is 4.00. The standard InChI is InChI=1S/C10H20O2/c1-5-9-7(3)10(11)6(2)8(4)12-9/h6-11H,5H2,1-4H3/t6?,7-,8?,9?,10-/m1/s1. The van der Waals surface area contributed by atoms with E-state index in [1.54, 1.807) is 0 Å². The SMILES string of the molecule is CCC1OC(C)C(C)[C@@H](O)[C@@H]1C. The third-order valence-electron chi connectivity index (χ3n) is 3.20. The Hall–Kier alpha value is -0.0800. The van der Waals surface area contributed by atoms with Crippen molar-refractivity contribution < 1.29 is 9.84 Å². The monoisotopic (exact) mass is 172 g/mol. The fraction of sp³-hybridized carbons (Fsp3) is 1.00. The molecule has 1 aliphatic rings. The Morgan fingerprint density at radius 3 is 2.25 bits per heavy atom. The van der Waals surface area contributed by atoms with E-state index >= 15 is 0 Å². The van der Waals surface area contributed by atoms with Gasteiger partial charge in [-0.25, -0.2) is 0 Å². The highest BCUT2D eigenvalue weighted by molar-refractivity contribution is 4.85. The van der Waals surface area contributed by atoms with Crippen LogP contribution in [-0.4, -0.2) is 23.4 Å². The Morgan fingerprint density at radius 1 is 1.17 bits per heavy atom. The maximum Gasteiger partial charge on any atom is 0.0640 e. The molecule has 1 rings (SSSR count). The summed E-state index contributed by atoms with van der Waals surface area (Å²) in [5.74, 6) is 0.545. The van der Waals surface area contributed by atoms with Crippen molar-refractivity contribution in [2.45, 2.75) is 52.4 Å². The number of hydrogen-bond donors (Lipinski definition) is 1. The maximum absolute atomic E-state index is 9.84. The second-order valence-electron chi connectivity index (χ2n) is 4.00. The predicted octanol–water partition coefficient (Wildman–Crippen LogP) is 1.82. The van der Waals surface area contributed by atoms with Gasteiger partial charge in [0.2, 0.25) is 0 Å². The van der Waals surface area contributed by atoms with Gasteiger partial charge in [0.25, 0.3) is 0 Å². The molecule has 0 aromatic rings. The molecule has 1 saturated heterocycles. The van der Waals surface area contributed by atoms with Crippen molar-refractivity contribution >= 4 is 0 Å². The smallest absolute Gasteiger partial charge is 0.0640 e. The molecule has 2 heteroatoms. The van der Waals surface area contributed by atoms with Gasteiger partial charge in [0.15, 0.2) is 0 Å². The summed E-state index contributed by atoms with van der Waals surface area (Å²) in [5, 5.41) is 9.84. The largest absolute Gasteiger partial charge is 0.392 e. The molecule has 0 saturated carbocycles. The zero-order chi connectivity index (χ0) is 9.30. The quantitative estimate of drug-likeness (QED) is 0.653. The number of aliphatic hydroxyl groups excluding tert-OH is 1. The van der Waals surface area contributed by atoms with Gasteiger partial charge in [-0.1, -0.05) is 20.8 Å². The third kappa shape index (κ3) is 1.64. The highest BCUT2D eigenvalue weighted by Gasteiger charge is 2.37. The van der Waals surface area contributed by atoms with Gasteiger partial charge in [0.1, 0.15) is 0 Å². The van der Waals surface area contributed by atoms with Crippen LogP contribution in [0.15, 0.2) is 0 Å². The molecule has 2 nitrogen and oxygen atoms in total. The lowest BCUT2D eigenvalue weighted by Gasteiger charge is -2.41. The van der Waals surface area contributed by atoms with Crippen LogP contribution in [0.5, 0.6) is 0 Å². The van der Waals surface area contributed by atoms with E-state index in [9.17, 15) is 5.11 Å². The molecule has 72 valence electrons. The summed E-state index contributed by atoms with van der Waals surface area (Å²) in [6, 6.07) is 0. The van der Waals surface area contributed by atoms with E-state index in [1.165, 1.54) is 0 Å². The Balaban J connectivity index is 2.63. The molecule has 5 atom stereocenters. The molecule has 0 spiro atoms. The lowest BCUT2D eigenvalue weighted by Crippen LogP contribution is -2.47. The van der Waals surface area contributed by atoms with Gasteiger partial charge in [-0.3, -0.25) is 0 Å². The van der Waals surface area contributed by atoms with Crippen molar-refractivity contribution in [3.05, 3.63) is 0 Å². The first kappa shape index (κ1) is 10.0. The molecule has 0 aromatic carbocycles. The Kier molecular flexibility index (Phi) is 3.13. The van der Waals surface area contributed by atoms with Crippen LogP contribution in [0.3, 0.4) is 0 Å². The zero-order valence-electron chi connectivity index (χ0n) is 8.45. The predicted molar refractivity (Wildman–Crippen MR) is 49.0 cm³/mol. The van der Waals surface area contributed by atoms with Crippen LogP contribution in [-0.2, 0) is 4.74 Å². The lowest BCUT2D eigenvalue weighted by molar-refractivity contribution is -0.157. The first-order valence-electron chi connectivity index (χ1n) is 4.91. The molecule has 0 amide bonds. The van der Waals surface area contributed by atoms with Crippen LogP contribution >= 0.6 is 0 Å². The van der Waals surface area contributed by atoms with Crippen molar-refractivity contribution in [1.29, 1.82) is 0 Å². The van der Waals surface area contributed by atoms with Gasteiger partial charge in [0.05, 0.1) is 18.3 Å². The fourth-order valence-corrected chi connectivity index (χ4v) is 1.97. The summed E-state index contributed by atoms with van der Waals surface area (Å²) >= 11 is 0. The minimum atomic E-state index is -0.196. The average molecular weight is 172 g/mol. The molecule has 0 aromatic heterocycles. The van der Waals surface area contributed by atoms with E-state index < -0.39 is 0 Å². The number of rotatable bonds is 1. The van der Waals surface area contributed by atoms with Crippen molar-refractivity contribution in [2.24, 2.45) is 11.8 Å². The minimum Gasteiger partial charge on any atom is -0.392 e. The summed E-state index contributed by atoms with van der Waals surface area (Å²) in [7, 11) is 0. The third-order valence-corrected chi connectivity index (χ3v) is 3.20.